The second kappa shape index (κ2) is 11.4. The van der Waals surface area contributed by atoms with Gasteiger partial charge in [-0.25, -0.2) is 9.78 Å². The van der Waals surface area contributed by atoms with Crippen LogP contribution in [0.3, 0.4) is 0 Å². The summed E-state index contributed by atoms with van der Waals surface area (Å²) < 4.78 is 12.8. The lowest BCUT2D eigenvalue weighted by atomic mass is 10.1. The third-order valence-electron chi connectivity index (χ3n) is 6.10. The van der Waals surface area contributed by atoms with Gasteiger partial charge in [0.05, 0.1) is 18.7 Å². The lowest BCUT2D eigenvalue weighted by Crippen LogP contribution is -2.50. The van der Waals surface area contributed by atoms with Crippen LogP contribution < -0.4 is 0 Å². The van der Waals surface area contributed by atoms with Gasteiger partial charge in [0, 0.05) is 55.4 Å². The topological polar surface area (TPSA) is 76.9 Å². The Balaban J connectivity index is 1.31. The van der Waals surface area contributed by atoms with Crippen molar-refractivity contribution in [2.45, 2.75) is 52.7 Å². The highest BCUT2D eigenvalue weighted by atomic mass is 32.1. The van der Waals surface area contributed by atoms with Crippen LogP contribution in [0, 0.1) is 0 Å². The first-order valence-electron chi connectivity index (χ1n) is 12.6. The molecule has 0 atom stereocenters. The molecule has 0 saturated carbocycles. The molecule has 1 saturated heterocycles. The minimum Gasteiger partial charge on any atom is -0.466 e. The first-order valence-corrected chi connectivity index (χ1v) is 13.5. The smallest absolute Gasteiger partial charge is 0.410 e. The molecular formula is C27H36N4O4S. The largest absolute Gasteiger partial charge is 0.466 e. The van der Waals surface area contributed by atoms with Crippen molar-refractivity contribution in [2.24, 2.45) is 0 Å². The van der Waals surface area contributed by atoms with Crippen molar-refractivity contribution in [1.82, 2.24) is 19.4 Å². The fraction of sp³-hybridized carbons (Fsp3) is 0.519. The molecule has 194 valence electrons. The second-order valence-electron chi connectivity index (χ2n) is 10.1. The molecule has 0 radical (unpaired) electrons. The summed E-state index contributed by atoms with van der Waals surface area (Å²) in [5, 5.41) is 4.04. The summed E-state index contributed by atoms with van der Waals surface area (Å²) in [5.74, 6) is -0.245. The van der Waals surface area contributed by atoms with Crippen LogP contribution in [0.1, 0.15) is 39.8 Å². The monoisotopic (exact) mass is 512 g/mol. The molecule has 0 bridgehead atoms. The minimum atomic E-state index is -0.460. The lowest BCUT2D eigenvalue weighted by Gasteiger charge is -2.35. The van der Waals surface area contributed by atoms with Gasteiger partial charge in [0.2, 0.25) is 0 Å². The predicted molar refractivity (Wildman–Crippen MR) is 142 cm³/mol. The van der Waals surface area contributed by atoms with E-state index in [1.54, 1.807) is 23.2 Å². The van der Waals surface area contributed by atoms with E-state index >= 15 is 0 Å². The Morgan fingerprint density at radius 1 is 1.08 bits per heavy atom. The molecule has 1 aliphatic rings. The molecule has 8 nitrogen and oxygen atoms in total. The zero-order valence-electron chi connectivity index (χ0n) is 21.7. The minimum absolute atomic E-state index is 0.203. The number of ether oxygens (including phenoxy) is 2. The summed E-state index contributed by atoms with van der Waals surface area (Å²) in [6.45, 7) is 12.9. The molecule has 0 spiro atoms. The number of benzene rings is 1. The van der Waals surface area contributed by atoms with Gasteiger partial charge in [-0.1, -0.05) is 12.1 Å². The molecule has 1 aromatic carbocycles. The Kier molecular flexibility index (Phi) is 8.31. The SMILES string of the molecule is CCOC(=O)Cc1csc(-c2ccc3ccn(CCCN4CCN(C(=O)OC(C)(C)C)CC4)c3c2)n1. The number of aromatic nitrogens is 2. The Hall–Kier alpha value is -2.91. The summed E-state index contributed by atoms with van der Waals surface area (Å²) in [4.78, 5) is 32.9. The predicted octanol–water partition coefficient (Wildman–Crippen LogP) is 4.81. The number of piperazine rings is 1. The summed E-state index contributed by atoms with van der Waals surface area (Å²) in [7, 11) is 0. The van der Waals surface area contributed by atoms with E-state index in [-0.39, 0.29) is 18.5 Å². The summed E-state index contributed by atoms with van der Waals surface area (Å²) >= 11 is 1.55. The number of esters is 1. The van der Waals surface area contributed by atoms with E-state index in [0.29, 0.717) is 19.7 Å². The van der Waals surface area contributed by atoms with Gasteiger partial charge in [0.25, 0.3) is 0 Å². The lowest BCUT2D eigenvalue weighted by molar-refractivity contribution is -0.142. The fourth-order valence-corrected chi connectivity index (χ4v) is 5.15. The number of rotatable bonds is 8. The van der Waals surface area contributed by atoms with E-state index in [0.717, 1.165) is 48.9 Å². The summed E-state index contributed by atoms with van der Waals surface area (Å²) in [6.07, 6.45) is 3.16. The molecule has 0 N–H and O–H groups in total. The number of carbonyl (C=O) groups excluding carboxylic acids is 2. The van der Waals surface area contributed by atoms with Crippen LogP contribution in [0.25, 0.3) is 21.5 Å². The Morgan fingerprint density at radius 3 is 2.58 bits per heavy atom. The van der Waals surface area contributed by atoms with Crippen molar-refractivity contribution in [3.05, 3.63) is 41.5 Å². The van der Waals surface area contributed by atoms with E-state index in [2.05, 4.69) is 44.9 Å². The first-order chi connectivity index (χ1) is 17.2. The quantitative estimate of drug-likeness (QED) is 0.403. The highest BCUT2D eigenvalue weighted by molar-refractivity contribution is 7.13. The van der Waals surface area contributed by atoms with Crippen molar-refractivity contribution in [2.75, 3.05) is 39.3 Å². The molecule has 1 amide bonds. The molecule has 0 aliphatic carbocycles. The number of amides is 1. The van der Waals surface area contributed by atoms with Crippen molar-refractivity contribution in [3.8, 4) is 10.6 Å². The maximum absolute atomic E-state index is 12.3. The molecule has 9 heteroatoms. The van der Waals surface area contributed by atoms with Crippen LogP contribution in [0.15, 0.2) is 35.8 Å². The molecule has 1 fully saturated rings. The van der Waals surface area contributed by atoms with Gasteiger partial charge in [-0.3, -0.25) is 9.69 Å². The number of fused-ring (bicyclic) bond motifs is 1. The van der Waals surface area contributed by atoms with Crippen LogP contribution >= 0.6 is 11.3 Å². The van der Waals surface area contributed by atoms with Gasteiger partial charge in [-0.05, 0) is 58.2 Å². The zero-order valence-corrected chi connectivity index (χ0v) is 22.5. The van der Waals surface area contributed by atoms with Gasteiger partial charge in [-0.15, -0.1) is 11.3 Å². The average molecular weight is 513 g/mol. The summed E-state index contributed by atoms with van der Waals surface area (Å²) in [6, 6.07) is 8.54. The number of carbonyl (C=O) groups is 2. The number of aryl methyl sites for hydroxylation is 1. The molecule has 36 heavy (non-hydrogen) atoms. The van der Waals surface area contributed by atoms with Crippen molar-refractivity contribution in [3.63, 3.8) is 0 Å². The normalized spacial score (nSPS) is 14.8. The number of hydrogen-bond acceptors (Lipinski definition) is 7. The fourth-order valence-electron chi connectivity index (χ4n) is 4.34. The Labute approximate surface area is 216 Å². The third kappa shape index (κ3) is 6.85. The Morgan fingerprint density at radius 2 is 1.86 bits per heavy atom. The summed E-state index contributed by atoms with van der Waals surface area (Å²) in [5.41, 5.74) is 2.53. The number of hydrogen-bond donors (Lipinski definition) is 0. The molecule has 3 heterocycles. The van der Waals surface area contributed by atoms with Crippen molar-refractivity contribution < 1.29 is 19.1 Å². The Bertz CT molecular complexity index is 1190. The van der Waals surface area contributed by atoms with Gasteiger partial charge in [0.1, 0.15) is 10.6 Å². The molecule has 4 rings (SSSR count). The maximum Gasteiger partial charge on any atom is 0.410 e. The third-order valence-corrected chi connectivity index (χ3v) is 7.04. The van der Waals surface area contributed by atoms with Crippen molar-refractivity contribution >= 4 is 34.3 Å². The number of nitrogens with zero attached hydrogens (tertiary/aromatic N) is 4. The van der Waals surface area contributed by atoms with E-state index < -0.39 is 5.60 Å². The maximum atomic E-state index is 12.3. The van der Waals surface area contributed by atoms with Gasteiger partial charge in [0.15, 0.2) is 0 Å². The van der Waals surface area contributed by atoms with Crippen LogP contribution in [0.2, 0.25) is 0 Å². The highest BCUT2D eigenvalue weighted by Crippen LogP contribution is 2.28. The van der Waals surface area contributed by atoms with E-state index in [4.69, 9.17) is 9.47 Å². The van der Waals surface area contributed by atoms with Gasteiger partial charge in [-0.2, -0.15) is 0 Å². The molecule has 2 aromatic heterocycles. The van der Waals surface area contributed by atoms with Crippen LogP contribution in [-0.2, 0) is 27.2 Å². The standard InChI is InChI=1S/C27H36N4O4S/c1-5-34-24(32)18-22-19-36-25(28-22)21-8-7-20-9-12-30(23(20)17-21)11-6-10-29-13-15-31(16-14-29)26(33)35-27(2,3)4/h7-9,12,17,19H,5-6,10-11,13-16,18H2,1-4H3. The average Bonchev–Trinajstić information content (AvgIpc) is 3.45. The number of thiazole rings is 1. The second-order valence-corrected chi connectivity index (χ2v) is 10.9. The van der Waals surface area contributed by atoms with Crippen LogP contribution in [-0.4, -0.2) is 76.3 Å². The molecule has 3 aromatic rings. The first kappa shape index (κ1) is 26.2. The zero-order chi connectivity index (χ0) is 25.7. The van der Waals surface area contributed by atoms with Crippen LogP contribution in [0.5, 0.6) is 0 Å². The molecular weight excluding hydrogens is 476 g/mol. The highest BCUT2D eigenvalue weighted by Gasteiger charge is 2.25. The van der Waals surface area contributed by atoms with Crippen LogP contribution in [0.4, 0.5) is 4.79 Å². The molecule has 0 unspecified atom stereocenters. The van der Waals surface area contributed by atoms with Gasteiger partial charge < -0.3 is 18.9 Å². The van der Waals surface area contributed by atoms with Crippen molar-refractivity contribution in [1.29, 1.82) is 0 Å². The molecule has 1 aliphatic heterocycles. The van der Waals surface area contributed by atoms with Gasteiger partial charge >= 0.3 is 12.1 Å². The van der Waals surface area contributed by atoms with E-state index in [1.807, 2.05) is 26.2 Å². The van der Waals surface area contributed by atoms with E-state index in [9.17, 15) is 9.59 Å². The van der Waals surface area contributed by atoms with E-state index in [1.165, 1.54) is 10.9 Å².